The summed E-state index contributed by atoms with van der Waals surface area (Å²) in [4.78, 5) is 29.7. The van der Waals surface area contributed by atoms with E-state index >= 15 is 0 Å². The molecule has 1 N–H and O–H groups in total. The number of aromatic nitrogens is 1. The summed E-state index contributed by atoms with van der Waals surface area (Å²) in [6.07, 6.45) is 3.84. The van der Waals surface area contributed by atoms with Gasteiger partial charge < -0.3 is 29.2 Å². The van der Waals surface area contributed by atoms with Crippen LogP contribution in [0.2, 0.25) is 0 Å². The van der Waals surface area contributed by atoms with Gasteiger partial charge in [0.15, 0.2) is 6.61 Å². The number of piperidine rings is 1. The number of unbranched alkanes of at least 4 members (excludes halogenated alkanes) is 1. The highest BCUT2D eigenvalue weighted by atomic mass is 16.5. The van der Waals surface area contributed by atoms with Crippen molar-refractivity contribution in [1.82, 2.24) is 19.7 Å². The summed E-state index contributed by atoms with van der Waals surface area (Å²) in [7, 11) is 5.12. The van der Waals surface area contributed by atoms with Gasteiger partial charge in [0.25, 0.3) is 11.8 Å². The number of likely N-dealkylation sites (N-methyl/N-ethyl adjacent to an activating group) is 1. The van der Waals surface area contributed by atoms with Gasteiger partial charge in [-0.3, -0.25) is 9.59 Å². The smallest absolute Gasteiger partial charge is 0.271 e. The van der Waals surface area contributed by atoms with Crippen LogP contribution >= 0.6 is 0 Å². The summed E-state index contributed by atoms with van der Waals surface area (Å²) < 4.78 is 13.3. The van der Waals surface area contributed by atoms with Crippen LogP contribution in [0.5, 0.6) is 5.75 Å². The molecule has 1 atom stereocenters. The van der Waals surface area contributed by atoms with E-state index in [1.807, 2.05) is 29.2 Å². The molecule has 0 aliphatic carbocycles. The summed E-state index contributed by atoms with van der Waals surface area (Å²) in [6, 6.07) is 8.02. The Morgan fingerprint density at radius 2 is 2.03 bits per heavy atom. The molecule has 1 aliphatic heterocycles. The number of nitrogens with one attached hydrogen (secondary N) is 1. The molecular weight excluding hydrogens is 432 g/mol. The van der Waals surface area contributed by atoms with Crippen molar-refractivity contribution in [3.63, 3.8) is 0 Å². The zero-order valence-corrected chi connectivity index (χ0v) is 21.3. The van der Waals surface area contributed by atoms with Crippen molar-refractivity contribution < 1.29 is 19.1 Å². The van der Waals surface area contributed by atoms with Gasteiger partial charge in [-0.1, -0.05) is 12.1 Å². The molecule has 0 radical (unpaired) electrons. The molecule has 1 fully saturated rings. The molecule has 1 aromatic carbocycles. The lowest BCUT2D eigenvalue weighted by atomic mass is 10.0. The Kier molecular flexibility index (Phi) is 9.36. The normalized spacial score (nSPS) is 16.1. The number of ether oxygens (including phenoxy) is 2. The van der Waals surface area contributed by atoms with E-state index in [0.717, 1.165) is 49.7 Å². The molecule has 3 rings (SSSR count). The Labute approximate surface area is 203 Å². The van der Waals surface area contributed by atoms with E-state index in [4.69, 9.17) is 9.47 Å². The van der Waals surface area contributed by atoms with Gasteiger partial charge in [-0.15, -0.1) is 0 Å². The van der Waals surface area contributed by atoms with Gasteiger partial charge in [0.2, 0.25) is 0 Å². The van der Waals surface area contributed by atoms with Gasteiger partial charge in [-0.2, -0.15) is 0 Å². The van der Waals surface area contributed by atoms with Crippen molar-refractivity contribution in [2.24, 2.45) is 0 Å². The van der Waals surface area contributed by atoms with Crippen molar-refractivity contribution >= 4 is 22.7 Å². The van der Waals surface area contributed by atoms with Gasteiger partial charge in [-0.05, 0) is 58.2 Å². The summed E-state index contributed by atoms with van der Waals surface area (Å²) >= 11 is 0. The van der Waals surface area contributed by atoms with Crippen molar-refractivity contribution in [2.45, 2.75) is 58.2 Å². The molecule has 1 saturated heterocycles. The zero-order valence-electron chi connectivity index (χ0n) is 21.3. The number of amides is 2. The summed E-state index contributed by atoms with van der Waals surface area (Å²) in [5, 5.41) is 4.38. The van der Waals surface area contributed by atoms with E-state index in [1.54, 1.807) is 21.2 Å². The molecule has 0 unspecified atom stereocenters. The van der Waals surface area contributed by atoms with Crippen molar-refractivity contribution in [1.29, 1.82) is 0 Å². The Morgan fingerprint density at radius 1 is 1.24 bits per heavy atom. The largest absolute Gasteiger partial charge is 0.482 e. The van der Waals surface area contributed by atoms with E-state index in [1.165, 1.54) is 4.90 Å². The fourth-order valence-corrected chi connectivity index (χ4v) is 4.63. The van der Waals surface area contributed by atoms with Crippen LogP contribution in [0.3, 0.4) is 0 Å². The average molecular weight is 473 g/mol. The molecule has 0 saturated carbocycles. The number of rotatable bonds is 11. The fourth-order valence-electron chi connectivity index (χ4n) is 4.63. The van der Waals surface area contributed by atoms with E-state index in [9.17, 15) is 9.59 Å². The zero-order chi connectivity index (χ0) is 24.7. The van der Waals surface area contributed by atoms with Crippen LogP contribution < -0.4 is 10.1 Å². The minimum Gasteiger partial charge on any atom is -0.482 e. The second-order valence-corrected chi connectivity index (χ2v) is 9.46. The Hall–Kier alpha value is -2.58. The van der Waals surface area contributed by atoms with Crippen molar-refractivity contribution in [3.05, 3.63) is 30.0 Å². The third kappa shape index (κ3) is 6.10. The second-order valence-electron chi connectivity index (χ2n) is 9.46. The number of fused-ring (bicyclic) bond motifs is 1. The SMILES string of the molecule is COCCCCn1c(C(=O)N(C(C)C)[C@@H]2CCCNC2)cc2cccc(OCC(=O)N(C)C)c21. The number of hydrogen-bond acceptors (Lipinski definition) is 5. The highest BCUT2D eigenvalue weighted by Crippen LogP contribution is 2.31. The van der Waals surface area contributed by atoms with E-state index in [0.29, 0.717) is 24.6 Å². The van der Waals surface area contributed by atoms with Crippen LogP contribution in [0.1, 0.15) is 50.0 Å². The predicted octanol–water partition coefficient (Wildman–Crippen LogP) is 3.14. The first-order valence-corrected chi connectivity index (χ1v) is 12.3. The maximum absolute atomic E-state index is 14.0. The quantitative estimate of drug-likeness (QED) is 0.509. The molecule has 8 nitrogen and oxygen atoms in total. The Morgan fingerprint density at radius 3 is 2.68 bits per heavy atom. The number of methoxy groups -OCH3 is 1. The van der Waals surface area contributed by atoms with E-state index in [2.05, 4.69) is 23.7 Å². The van der Waals surface area contributed by atoms with Gasteiger partial charge in [0, 0.05) is 58.4 Å². The molecule has 2 aromatic rings. The third-order valence-electron chi connectivity index (χ3n) is 6.39. The fraction of sp³-hybridized carbons (Fsp3) is 0.615. The van der Waals surface area contributed by atoms with E-state index < -0.39 is 0 Å². The Bertz CT molecular complexity index is 963. The Balaban J connectivity index is 2.00. The number of aryl methyl sites for hydroxylation is 1. The minimum atomic E-state index is -0.109. The summed E-state index contributed by atoms with van der Waals surface area (Å²) in [6.45, 7) is 7.29. The van der Waals surface area contributed by atoms with Gasteiger partial charge in [0.1, 0.15) is 11.4 Å². The topological polar surface area (TPSA) is 76.0 Å². The van der Waals surface area contributed by atoms with Crippen LogP contribution in [0.4, 0.5) is 0 Å². The van der Waals surface area contributed by atoms with Crippen molar-refractivity contribution in [2.75, 3.05) is 47.5 Å². The van der Waals surface area contributed by atoms with Crippen LogP contribution in [0, 0.1) is 0 Å². The number of para-hydroxylation sites is 1. The van der Waals surface area contributed by atoms with Crippen LogP contribution in [-0.4, -0.2) is 85.8 Å². The van der Waals surface area contributed by atoms with Crippen LogP contribution in [-0.2, 0) is 16.1 Å². The lowest BCUT2D eigenvalue weighted by molar-refractivity contribution is -0.130. The molecule has 188 valence electrons. The molecule has 34 heavy (non-hydrogen) atoms. The predicted molar refractivity (Wildman–Crippen MR) is 134 cm³/mol. The number of carbonyl (C=O) groups excluding carboxylic acids is 2. The summed E-state index contributed by atoms with van der Waals surface area (Å²) in [5.74, 6) is 0.554. The van der Waals surface area contributed by atoms with Gasteiger partial charge in [-0.25, -0.2) is 0 Å². The standard InChI is InChI=1S/C26H40N4O4/c1-19(2)30(21-11-9-13-27-17-21)26(32)22-16-20-10-8-12-23(34-18-24(31)28(3)4)25(20)29(22)14-6-7-15-33-5/h8,10,12,16,19,21,27H,6-7,9,11,13-15,17-18H2,1-5H3/t21-/m1/s1. The first-order valence-electron chi connectivity index (χ1n) is 12.3. The molecule has 1 aliphatic rings. The van der Waals surface area contributed by atoms with Crippen LogP contribution in [0.15, 0.2) is 24.3 Å². The van der Waals surface area contributed by atoms with E-state index in [-0.39, 0.29) is 30.5 Å². The third-order valence-corrected chi connectivity index (χ3v) is 6.39. The highest BCUT2D eigenvalue weighted by molar-refractivity contribution is 6.00. The average Bonchev–Trinajstić information content (AvgIpc) is 3.20. The number of hydrogen-bond donors (Lipinski definition) is 1. The molecule has 1 aromatic heterocycles. The highest BCUT2D eigenvalue weighted by Gasteiger charge is 2.31. The second kappa shape index (κ2) is 12.2. The molecule has 2 heterocycles. The van der Waals surface area contributed by atoms with Gasteiger partial charge >= 0.3 is 0 Å². The van der Waals surface area contributed by atoms with Crippen molar-refractivity contribution in [3.8, 4) is 5.75 Å². The number of benzene rings is 1. The van der Waals surface area contributed by atoms with Crippen LogP contribution in [0.25, 0.3) is 10.9 Å². The maximum atomic E-state index is 14.0. The molecule has 2 amide bonds. The number of nitrogens with zero attached hydrogens (tertiary/aromatic N) is 3. The molecule has 8 heteroatoms. The molecule has 0 bridgehead atoms. The number of carbonyl (C=O) groups is 2. The summed E-state index contributed by atoms with van der Waals surface area (Å²) in [5.41, 5.74) is 1.53. The first-order chi connectivity index (χ1) is 16.3. The lowest BCUT2D eigenvalue weighted by Crippen LogP contribution is -2.52. The molecule has 0 spiro atoms. The van der Waals surface area contributed by atoms with Gasteiger partial charge in [0.05, 0.1) is 5.52 Å². The minimum absolute atomic E-state index is 0.0435. The molecular formula is C26H40N4O4. The monoisotopic (exact) mass is 472 g/mol. The lowest BCUT2D eigenvalue weighted by Gasteiger charge is -2.37. The first kappa shape index (κ1) is 26.0. The maximum Gasteiger partial charge on any atom is 0.271 e.